The molecule has 0 spiro atoms. The molecule has 1 heterocycles. The molecule has 1 atom stereocenters. The number of carboxylic acid groups (broad SMARTS) is 1. The number of carboxylic acids is 1. The Morgan fingerprint density at radius 1 is 1.41 bits per heavy atom. The van der Waals surface area contributed by atoms with Crippen LogP contribution in [0.1, 0.15) is 16.8 Å². The number of benzene rings is 1. The van der Waals surface area contributed by atoms with Gasteiger partial charge >= 0.3 is 5.97 Å². The zero-order chi connectivity index (χ0) is 12.4. The second kappa shape index (κ2) is 4.75. The molecule has 92 valence electrons. The molecule has 2 rings (SSSR count). The first-order valence-electron chi connectivity index (χ1n) is 5.82. The maximum Gasteiger partial charge on any atom is 0.335 e. The second-order valence-electron chi connectivity index (χ2n) is 4.67. The van der Waals surface area contributed by atoms with Gasteiger partial charge in [-0.2, -0.15) is 0 Å². The van der Waals surface area contributed by atoms with Gasteiger partial charge in [0.25, 0.3) is 0 Å². The Bertz CT molecular complexity index is 402. The molecule has 0 bridgehead atoms. The third-order valence-corrected chi connectivity index (χ3v) is 3.44. The molecule has 4 nitrogen and oxygen atoms in total. The van der Waals surface area contributed by atoms with Crippen LogP contribution in [0.2, 0.25) is 0 Å². The lowest BCUT2D eigenvalue weighted by Gasteiger charge is -2.26. The molecule has 1 aromatic carbocycles. The lowest BCUT2D eigenvalue weighted by atomic mass is 10.1. The summed E-state index contributed by atoms with van der Waals surface area (Å²) in [6.07, 6.45) is 1.16. The topological polar surface area (TPSA) is 43.8 Å². The van der Waals surface area contributed by atoms with Crippen molar-refractivity contribution in [1.82, 2.24) is 4.90 Å². The van der Waals surface area contributed by atoms with Crippen LogP contribution < -0.4 is 4.90 Å². The van der Waals surface area contributed by atoms with E-state index in [2.05, 4.69) is 23.9 Å². The van der Waals surface area contributed by atoms with E-state index in [9.17, 15) is 4.79 Å². The highest BCUT2D eigenvalue weighted by atomic mass is 16.4. The van der Waals surface area contributed by atoms with Crippen LogP contribution in [0.15, 0.2) is 24.3 Å². The van der Waals surface area contributed by atoms with Crippen LogP contribution in [0.25, 0.3) is 0 Å². The van der Waals surface area contributed by atoms with E-state index in [1.54, 1.807) is 12.1 Å². The van der Waals surface area contributed by atoms with Gasteiger partial charge in [-0.1, -0.05) is 0 Å². The van der Waals surface area contributed by atoms with Gasteiger partial charge in [-0.15, -0.1) is 0 Å². The van der Waals surface area contributed by atoms with Gasteiger partial charge in [-0.05, 0) is 44.3 Å². The molecule has 1 N–H and O–H groups in total. The summed E-state index contributed by atoms with van der Waals surface area (Å²) < 4.78 is 0. The summed E-state index contributed by atoms with van der Waals surface area (Å²) in [5, 5.41) is 8.84. The van der Waals surface area contributed by atoms with E-state index in [-0.39, 0.29) is 0 Å². The Kier molecular flexibility index (Phi) is 3.33. The average molecular weight is 234 g/mol. The number of likely N-dealkylation sites (N-methyl/N-ethyl adjacent to an activating group) is 2. The highest BCUT2D eigenvalue weighted by Crippen LogP contribution is 2.21. The number of nitrogens with zero attached hydrogens (tertiary/aromatic N) is 2. The Hall–Kier alpha value is -1.55. The smallest absolute Gasteiger partial charge is 0.335 e. The van der Waals surface area contributed by atoms with Crippen LogP contribution >= 0.6 is 0 Å². The maximum absolute atomic E-state index is 10.8. The van der Waals surface area contributed by atoms with E-state index in [1.807, 2.05) is 12.1 Å². The van der Waals surface area contributed by atoms with Gasteiger partial charge in [-0.25, -0.2) is 4.79 Å². The highest BCUT2D eigenvalue weighted by Gasteiger charge is 2.23. The van der Waals surface area contributed by atoms with Gasteiger partial charge in [0.15, 0.2) is 0 Å². The SMILES string of the molecule is CN1CCC(N(C)c2ccc(C(=O)O)cc2)C1. The van der Waals surface area contributed by atoms with Crippen molar-refractivity contribution >= 4 is 11.7 Å². The van der Waals surface area contributed by atoms with Crippen molar-refractivity contribution < 1.29 is 9.90 Å². The van der Waals surface area contributed by atoms with E-state index in [0.29, 0.717) is 11.6 Å². The summed E-state index contributed by atoms with van der Waals surface area (Å²) in [5.74, 6) is -0.875. The second-order valence-corrected chi connectivity index (χ2v) is 4.67. The Labute approximate surface area is 101 Å². The molecule has 1 aliphatic rings. The molecule has 1 aromatic rings. The molecule has 4 heteroatoms. The zero-order valence-corrected chi connectivity index (χ0v) is 10.3. The minimum absolute atomic E-state index is 0.339. The van der Waals surface area contributed by atoms with Crippen molar-refractivity contribution in [3.8, 4) is 0 Å². The highest BCUT2D eigenvalue weighted by molar-refractivity contribution is 5.88. The van der Waals surface area contributed by atoms with Gasteiger partial charge in [0.05, 0.1) is 5.56 Å². The largest absolute Gasteiger partial charge is 0.478 e. The number of carbonyl (C=O) groups is 1. The summed E-state index contributed by atoms with van der Waals surface area (Å²) in [4.78, 5) is 15.3. The summed E-state index contributed by atoms with van der Waals surface area (Å²) >= 11 is 0. The molecular formula is C13H18N2O2. The van der Waals surface area contributed by atoms with Crippen LogP contribution in [0, 0.1) is 0 Å². The van der Waals surface area contributed by atoms with Crippen molar-refractivity contribution in [2.24, 2.45) is 0 Å². The van der Waals surface area contributed by atoms with Gasteiger partial charge in [-0.3, -0.25) is 0 Å². The van der Waals surface area contributed by atoms with Crippen molar-refractivity contribution in [3.63, 3.8) is 0 Å². The van der Waals surface area contributed by atoms with Crippen LogP contribution in [-0.4, -0.2) is 49.2 Å². The molecule has 1 unspecified atom stereocenters. The zero-order valence-electron chi connectivity index (χ0n) is 10.3. The molecular weight excluding hydrogens is 216 g/mol. The molecule has 0 aromatic heterocycles. The van der Waals surface area contributed by atoms with Crippen LogP contribution in [0.4, 0.5) is 5.69 Å². The number of aromatic carboxylic acids is 1. The lowest BCUT2D eigenvalue weighted by Crippen LogP contribution is -2.33. The molecule has 1 aliphatic heterocycles. The predicted octanol–water partition coefficient (Wildman–Crippen LogP) is 1.53. The molecule has 17 heavy (non-hydrogen) atoms. The van der Waals surface area contributed by atoms with Crippen molar-refractivity contribution in [2.45, 2.75) is 12.5 Å². The predicted molar refractivity (Wildman–Crippen MR) is 67.7 cm³/mol. The Morgan fingerprint density at radius 2 is 2.06 bits per heavy atom. The van der Waals surface area contributed by atoms with Gasteiger partial charge < -0.3 is 14.9 Å². The van der Waals surface area contributed by atoms with Crippen molar-refractivity contribution in [3.05, 3.63) is 29.8 Å². The standard InChI is InChI=1S/C13H18N2O2/c1-14-8-7-12(9-14)15(2)11-5-3-10(4-6-11)13(16)17/h3-6,12H,7-9H2,1-2H3,(H,16,17). The lowest BCUT2D eigenvalue weighted by molar-refractivity contribution is 0.0697. The molecule has 0 radical (unpaired) electrons. The summed E-state index contributed by atoms with van der Waals surface area (Å²) in [6, 6.07) is 7.60. The fourth-order valence-electron chi connectivity index (χ4n) is 2.28. The van der Waals surface area contributed by atoms with Gasteiger partial charge in [0.2, 0.25) is 0 Å². The third-order valence-electron chi connectivity index (χ3n) is 3.44. The van der Waals surface area contributed by atoms with Crippen LogP contribution in [-0.2, 0) is 0 Å². The summed E-state index contributed by atoms with van der Waals surface area (Å²) in [7, 11) is 4.20. The van der Waals surface area contributed by atoms with E-state index in [1.165, 1.54) is 0 Å². The first-order chi connectivity index (χ1) is 8.08. The van der Waals surface area contributed by atoms with Crippen molar-refractivity contribution in [1.29, 1.82) is 0 Å². The third kappa shape index (κ3) is 2.58. The number of rotatable bonds is 3. The molecule has 1 fully saturated rings. The van der Waals surface area contributed by atoms with E-state index in [0.717, 1.165) is 25.2 Å². The molecule has 0 amide bonds. The number of hydrogen-bond donors (Lipinski definition) is 1. The fourth-order valence-corrected chi connectivity index (χ4v) is 2.28. The molecule has 0 saturated carbocycles. The fraction of sp³-hybridized carbons (Fsp3) is 0.462. The number of hydrogen-bond acceptors (Lipinski definition) is 3. The normalized spacial score (nSPS) is 20.5. The summed E-state index contributed by atoms with van der Waals surface area (Å²) in [5.41, 5.74) is 1.42. The van der Waals surface area contributed by atoms with Crippen molar-refractivity contribution in [2.75, 3.05) is 32.1 Å². The van der Waals surface area contributed by atoms with Crippen LogP contribution in [0.3, 0.4) is 0 Å². The maximum atomic E-state index is 10.8. The van der Waals surface area contributed by atoms with E-state index in [4.69, 9.17) is 5.11 Å². The monoisotopic (exact) mass is 234 g/mol. The number of anilines is 1. The minimum atomic E-state index is -0.875. The van der Waals surface area contributed by atoms with E-state index < -0.39 is 5.97 Å². The van der Waals surface area contributed by atoms with Crippen LogP contribution in [0.5, 0.6) is 0 Å². The van der Waals surface area contributed by atoms with E-state index >= 15 is 0 Å². The first-order valence-corrected chi connectivity index (χ1v) is 5.82. The molecule has 1 saturated heterocycles. The quantitative estimate of drug-likeness (QED) is 0.861. The summed E-state index contributed by atoms with van der Waals surface area (Å²) in [6.45, 7) is 2.19. The van der Waals surface area contributed by atoms with Gasteiger partial charge in [0, 0.05) is 25.3 Å². The molecule has 0 aliphatic carbocycles. The first kappa shape index (κ1) is 11.9. The number of likely N-dealkylation sites (tertiary alicyclic amines) is 1. The average Bonchev–Trinajstić information content (AvgIpc) is 2.75. The Balaban J connectivity index is 2.09. The Morgan fingerprint density at radius 3 is 2.53 bits per heavy atom. The van der Waals surface area contributed by atoms with Gasteiger partial charge in [0.1, 0.15) is 0 Å². The minimum Gasteiger partial charge on any atom is -0.478 e.